The van der Waals surface area contributed by atoms with E-state index in [2.05, 4.69) is 25.5 Å². The Hall–Kier alpha value is -3.63. The van der Waals surface area contributed by atoms with Crippen LogP contribution >= 0.6 is 0 Å². The molecule has 0 saturated carbocycles. The minimum atomic E-state index is -3.36. The molecule has 0 aliphatic rings. The summed E-state index contributed by atoms with van der Waals surface area (Å²) in [5.74, 6) is 0.642. The third-order valence-corrected chi connectivity index (χ3v) is 7.28. The summed E-state index contributed by atoms with van der Waals surface area (Å²) in [5, 5.41) is 10.8. The first-order valence-corrected chi connectivity index (χ1v) is 11.9. The summed E-state index contributed by atoms with van der Waals surface area (Å²) in [6, 6.07) is 14.3. The first-order chi connectivity index (χ1) is 15.8. The van der Waals surface area contributed by atoms with Crippen molar-refractivity contribution in [1.82, 2.24) is 25.5 Å². The minimum Gasteiger partial charge on any atom is -0.414 e. The van der Waals surface area contributed by atoms with Gasteiger partial charge < -0.3 is 15.5 Å². The Balaban J connectivity index is 1.63. The number of nitrogens with one attached hydrogen (secondary N) is 1. The molecule has 0 bridgehead atoms. The number of nitrogens with two attached hydrogens (primary N) is 1. The Morgan fingerprint density at radius 1 is 0.970 bits per heavy atom. The second-order valence-electron chi connectivity index (χ2n) is 7.75. The van der Waals surface area contributed by atoms with Gasteiger partial charge in [0.2, 0.25) is 5.89 Å². The van der Waals surface area contributed by atoms with Gasteiger partial charge in [-0.15, -0.1) is 10.2 Å². The average Bonchev–Trinajstić information content (AvgIpc) is 3.30. The van der Waals surface area contributed by atoms with Crippen LogP contribution < -0.4 is 11.1 Å². The molecule has 0 unspecified atom stereocenters. The Bertz CT molecular complexity index is 1360. The summed E-state index contributed by atoms with van der Waals surface area (Å²) in [6.07, 6.45) is 1.52. The number of hydrogen-bond donors (Lipinski definition) is 2. The van der Waals surface area contributed by atoms with Crippen LogP contribution in [-0.2, 0) is 16.4 Å². The van der Waals surface area contributed by atoms with E-state index in [0.29, 0.717) is 17.1 Å². The molecule has 0 atom stereocenters. The SMILES string of the molecule is CNCc1ccc(-c2nnc(-c3nc(-c4ccc(S(=O)(=O)C(C)C)cc4)cnc3N)o2)cc1. The highest BCUT2D eigenvalue weighted by Gasteiger charge is 2.20. The molecule has 2 aromatic carbocycles. The summed E-state index contributed by atoms with van der Waals surface area (Å²) in [6.45, 7) is 4.06. The van der Waals surface area contributed by atoms with Gasteiger partial charge in [-0.1, -0.05) is 24.3 Å². The molecular formula is C23H24N6O3S. The molecular weight excluding hydrogens is 440 g/mol. The smallest absolute Gasteiger partial charge is 0.270 e. The number of nitrogens with zero attached hydrogens (tertiary/aromatic N) is 4. The second kappa shape index (κ2) is 9.08. The molecule has 2 heterocycles. The maximum absolute atomic E-state index is 12.4. The van der Waals surface area contributed by atoms with E-state index in [9.17, 15) is 8.42 Å². The first-order valence-electron chi connectivity index (χ1n) is 10.3. The van der Waals surface area contributed by atoms with Crippen LogP contribution in [0.25, 0.3) is 34.3 Å². The van der Waals surface area contributed by atoms with Crippen LogP contribution in [0.15, 0.2) is 64.0 Å². The van der Waals surface area contributed by atoms with Crippen molar-refractivity contribution < 1.29 is 12.8 Å². The Morgan fingerprint density at radius 3 is 2.24 bits per heavy atom. The van der Waals surface area contributed by atoms with Crippen LogP contribution in [0, 0.1) is 0 Å². The van der Waals surface area contributed by atoms with Crippen LogP contribution in [-0.4, -0.2) is 40.9 Å². The standard InChI is InChI=1S/C23H24N6O3S/c1-14(2)33(30,31)18-10-8-16(9-11-18)19-13-26-21(24)20(27-19)23-29-28-22(32-23)17-6-4-15(5-7-17)12-25-3/h4-11,13-14,25H,12H2,1-3H3,(H2,24,26). The van der Waals surface area contributed by atoms with E-state index in [1.54, 1.807) is 38.1 Å². The molecule has 9 nitrogen and oxygen atoms in total. The third-order valence-electron chi connectivity index (χ3n) is 5.11. The molecule has 0 aliphatic carbocycles. The Labute approximate surface area is 192 Å². The first kappa shape index (κ1) is 22.6. The van der Waals surface area contributed by atoms with E-state index >= 15 is 0 Å². The van der Waals surface area contributed by atoms with Gasteiger partial charge in [-0.2, -0.15) is 0 Å². The summed E-state index contributed by atoms with van der Waals surface area (Å²) in [4.78, 5) is 9.01. The highest BCUT2D eigenvalue weighted by Crippen LogP contribution is 2.28. The topological polar surface area (TPSA) is 137 Å². The van der Waals surface area contributed by atoms with Gasteiger partial charge in [0, 0.05) is 17.7 Å². The lowest BCUT2D eigenvalue weighted by Crippen LogP contribution is -2.13. The monoisotopic (exact) mass is 464 g/mol. The van der Waals surface area contributed by atoms with E-state index in [4.69, 9.17) is 10.2 Å². The van der Waals surface area contributed by atoms with Crippen molar-refractivity contribution in [3.63, 3.8) is 0 Å². The normalized spacial score (nSPS) is 11.8. The zero-order valence-corrected chi connectivity index (χ0v) is 19.3. The van der Waals surface area contributed by atoms with Gasteiger partial charge in [0.05, 0.1) is 22.0 Å². The molecule has 33 heavy (non-hydrogen) atoms. The summed E-state index contributed by atoms with van der Waals surface area (Å²) < 4.78 is 30.5. The quantitative estimate of drug-likeness (QED) is 0.422. The predicted molar refractivity (Wildman–Crippen MR) is 126 cm³/mol. The Morgan fingerprint density at radius 2 is 1.61 bits per heavy atom. The van der Waals surface area contributed by atoms with Crippen molar-refractivity contribution >= 4 is 15.7 Å². The summed E-state index contributed by atoms with van der Waals surface area (Å²) in [7, 11) is -1.47. The van der Waals surface area contributed by atoms with Crippen molar-refractivity contribution in [2.45, 2.75) is 30.5 Å². The summed E-state index contributed by atoms with van der Waals surface area (Å²) in [5.41, 5.74) is 9.39. The molecule has 0 spiro atoms. The zero-order chi connectivity index (χ0) is 23.6. The fraction of sp³-hybridized carbons (Fsp3) is 0.217. The summed E-state index contributed by atoms with van der Waals surface area (Å²) >= 11 is 0. The average molecular weight is 465 g/mol. The van der Waals surface area contributed by atoms with Crippen LogP contribution in [0.3, 0.4) is 0 Å². The largest absolute Gasteiger partial charge is 0.414 e. The number of aromatic nitrogens is 4. The molecule has 10 heteroatoms. The van der Waals surface area contributed by atoms with E-state index in [0.717, 1.165) is 17.7 Å². The van der Waals surface area contributed by atoms with Crippen LogP contribution in [0.5, 0.6) is 0 Å². The fourth-order valence-corrected chi connectivity index (χ4v) is 4.25. The van der Waals surface area contributed by atoms with Crippen molar-refractivity contribution in [2.24, 2.45) is 0 Å². The molecule has 0 saturated heterocycles. The number of hydrogen-bond acceptors (Lipinski definition) is 9. The van der Waals surface area contributed by atoms with Crippen molar-refractivity contribution in [1.29, 1.82) is 0 Å². The fourth-order valence-electron chi connectivity index (χ4n) is 3.19. The van der Waals surface area contributed by atoms with Gasteiger partial charge in [0.1, 0.15) is 0 Å². The molecule has 4 rings (SSSR count). The van der Waals surface area contributed by atoms with Gasteiger partial charge in [0.25, 0.3) is 5.89 Å². The Kier molecular flexibility index (Phi) is 6.21. The van der Waals surface area contributed by atoms with E-state index in [1.165, 1.54) is 6.20 Å². The maximum Gasteiger partial charge on any atom is 0.270 e. The van der Waals surface area contributed by atoms with Gasteiger partial charge in [-0.25, -0.2) is 18.4 Å². The lowest BCUT2D eigenvalue weighted by Gasteiger charge is -2.09. The third kappa shape index (κ3) is 4.62. The second-order valence-corrected chi connectivity index (χ2v) is 10.3. The van der Waals surface area contributed by atoms with Crippen molar-refractivity contribution in [3.8, 4) is 34.3 Å². The van der Waals surface area contributed by atoms with E-state index < -0.39 is 15.1 Å². The molecule has 170 valence electrons. The van der Waals surface area contributed by atoms with Gasteiger partial charge in [0.15, 0.2) is 21.3 Å². The van der Waals surface area contributed by atoms with Crippen LogP contribution in [0.1, 0.15) is 19.4 Å². The van der Waals surface area contributed by atoms with Crippen molar-refractivity contribution in [3.05, 3.63) is 60.3 Å². The van der Waals surface area contributed by atoms with Gasteiger partial charge in [-0.05, 0) is 50.7 Å². The van der Waals surface area contributed by atoms with E-state index in [-0.39, 0.29) is 22.3 Å². The van der Waals surface area contributed by atoms with E-state index in [1.807, 2.05) is 31.3 Å². The number of benzene rings is 2. The molecule has 0 amide bonds. The molecule has 4 aromatic rings. The molecule has 0 radical (unpaired) electrons. The number of anilines is 1. The lowest BCUT2D eigenvalue weighted by molar-refractivity contribution is 0.582. The molecule has 3 N–H and O–H groups in total. The van der Waals surface area contributed by atoms with Crippen LogP contribution in [0.4, 0.5) is 5.82 Å². The number of rotatable bonds is 7. The molecule has 2 aromatic heterocycles. The van der Waals surface area contributed by atoms with Gasteiger partial charge >= 0.3 is 0 Å². The lowest BCUT2D eigenvalue weighted by atomic mass is 10.1. The number of nitrogen functional groups attached to an aromatic ring is 1. The molecule has 0 aliphatic heterocycles. The van der Waals surface area contributed by atoms with Gasteiger partial charge in [-0.3, -0.25) is 0 Å². The highest BCUT2D eigenvalue weighted by molar-refractivity contribution is 7.92. The number of sulfone groups is 1. The maximum atomic E-state index is 12.4. The highest BCUT2D eigenvalue weighted by atomic mass is 32.2. The zero-order valence-electron chi connectivity index (χ0n) is 18.5. The minimum absolute atomic E-state index is 0.148. The van der Waals surface area contributed by atoms with Crippen molar-refractivity contribution in [2.75, 3.05) is 12.8 Å². The molecule has 0 fully saturated rings. The van der Waals surface area contributed by atoms with Crippen LogP contribution in [0.2, 0.25) is 0 Å². The predicted octanol–water partition coefficient (Wildman–Crippen LogP) is 3.34.